The van der Waals surface area contributed by atoms with Gasteiger partial charge in [-0.05, 0) is 48.9 Å². The lowest BCUT2D eigenvalue weighted by atomic mass is 9.43. The first-order valence-corrected chi connectivity index (χ1v) is 9.68. The number of fused-ring (bicyclic) bond motifs is 2. The average molecular weight is 343 g/mol. The predicted molar refractivity (Wildman–Crippen MR) is 93.4 cm³/mol. The van der Waals surface area contributed by atoms with Crippen molar-refractivity contribution < 1.29 is 14.6 Å². The molecule has 1 N–H and O–H groups in total. The third kappa shape index (κ3) is 1.56. The minimum absolute atomic E-state index is 0.140. The highest BCUT2D eigenvalue weighted by atomic mass is 16.5. The number of hydrogen-bond acceptors (Lipinski definition) is 3. The van der Waals surface area contributed by atoms with Crippen molar-refractivity contribution in [1.82, 2.24) is 0 Å². The van der Waals surface area contributed by atoms with Crippen molar-refractivity contribution >= 4 is 5.97 Å². The molecule has 0 spiro atoms. The number of nitriles is 1. The minimum atomic E-state index is -1.07. The first-order chi connectivity index (χ1) is 11.8. The smallest absolute Gasteiger partial charge is 0.316 e. The number of allylic oxidation sites excluding steroid dienone is 1. The van der Waals surface area contributed by atoms with E-state index in [-0.39, 0.29) is 17.8 Å². The number of rotatable bonds is 4. The SMILES string of the molecule is COC[C@]12CC3C(C)CCC3[C@@]3(C#N)CC1C=C(C(C)C)C23C(=O)O. The Hall–Kier alpha value is -1.34. The summed E-state index contributed by atoms with van der Waals surface area (Å²) in [4.78, 5) is 13.0. The van der Waals surface area contributed by atoms with Gasteiger partial charge in [0.1, 0.15) is 5.41 Å². The molecule has 3 fully saturated rings. The molecular weight excluding hydrogens is 314 g/mol. The third-order valence-electron chi connectivity index (χ3n) is 8.44. The normalized spacial score (nSPS) is 49.8. The summed E-state index contributed by atoms with van der Waals surface area (Å²) in [7, 11) is 1.68. The van der Waals surface area contributed by atoms with E-state index in [2.05, 4.69) is 32.9 Å². The molecule has 0 radical (unpaired) electrons. The maximum absolute atomic E-state index is 13.0. The van der Waals surface area contributed by atoms with E-state index in [0.29, 0.717) is 24.9 Å². The number of carboxylic acid groups (broad SMARTS) is 1. The fraction of sp³-hybridized carbons (Fsp3) is 0.810. The topological polar surface area (TPSA) is 70.3 Å². The second-order valence-electron chi connectivity index (χ2n) is 9.34. The van der Waals surface area contributed by atoms with Crippen LogP contribution in [0.4, 0.5) is 0 Å². The van der Waals surface area contributed by atoms with Crippen LogP contribution in [0.15, 0.2) is 11.6 Å². The van der Waals surface area contributed by atoms with Gasteiger partial charge in [-0.2, -0.15) is 5.26 Å². The molecule has 0 amide bonds. The van der Waals surface area contributed by atoms with Crippen LogP contribution in [0.2, 0.25) is 0 Å². The van der Waals surface area contributed by atoms with Crippen molar-refractivity contribution in [3.05, 3.63) is 11.6 Å². The molecular formula is C21H29NO3. The van der Waals surface area contributed by atoms with Crippen molar-refractivity contribution in [3.63, 3.8) is 0 Å². The van der Waals surface area contributed by atoms with Crippen LogP contribution >= 0.6 is 0 Å². The number of aliphatic carboxylic acids is 1. The molecule has 0 aromatic carbocycles. The third-order valence-corrected chi connectivity index (χ3v) is 8.44. The summed E-state index contributed by atoms with van der Waals surface area (Å²) in [6, 6.07) is 2.65. The Kier molecular flexibility index (Phi) is 3.49. The molecule has 4 heteroatoms. The van der Waals surface area contributed by atoms with Crippen molar-refractivity contribution in [3.8, 4) is 6.07 Å². The average Bonchev–Trinajstić information content (AvgIpc) is 3.12. The van der Waals surface area contributed by atoms with Gasteiger partial charge in [0.05, 0.1) is 18.1 Å². The van der Waals surface area contributed by atoms with E-state index in [9.17, 15) is 15.2 Å². The van der Waals surface area contributed by atoms with E-state index in [1.165, 1.54) is 0 Å². The predicted octanol–water partition coefficient (Wildman–Crippen LogP) is 3.88. The van der Waals surface area contributed by atoms with Gasteiger partial charge in [0.25, 0.3) is 0 Å². The highest BCUT2D eigenvalue weighted by Crippen LogP contribution is 2.83. The van der Waals surface area contributed by atoms with Crippen molar-refractivity contribution in [1.29, 1.82) is 5.26 Å². The van der Waals surface area contributed by atoms with Crippen LogP contribution in [0.25, 0.3) is 0 Å². The molecule has 4 rings (SSSR count). The summed E-state index contributed by atoms with van der Waals surface area (Å²) in [6.45, 7) is 6.88. The summed E-state index contributed by atoms with van der Waals surface area (Å²) in [5, 5.41) is 21.1. The first-order valence-electron chi connectivity index (χ1n) is 9.68. The summed E-state index contributed by atoms with van der Waals surface area (Å²) in [5.74, 6) is 0.733. The van der Waals surface area contributed by atoms with Crippen LogP contribution in [0.1, 0.15) is 46.5 Å². The molecule has 0 saturated heterocycles. The highest BCUT2D eigenvalue weighted by molar-refractivity contribution is 5.85. The van der Waals surface area contributed by atoms with E-state index in [0.717, 1.165) is 24.8 Å². The lowest BCUT2D eigenvalue weighted by molar-refractivity contribution is -0.177. The molecule has 136 valence electrons. The van der Waals surface area contributed by atoms with Gasteiger partial charge in [-0.1, -0.05) is 38.8 Å². The monoisotopic (exact) mass is 343 g/mol. The summed E-state index contributed by atoms with van der Waals surface area (Å²) in [6.07, 6.45) is 5.92. The fourth-order valence-electron chi connectivity index (χ4n) is 7.80. The molecule has 4 aliphatic carbocycles. The van der Waals surface area contributed by atoms with E-state index < -0.39 is 22.2 Å². The largest absolute Gasteiger partial charge is 0.481 e. The molecule has 4 aliphatic rings. The van der Waals surface area contributed by atoms with E-state index >= 15 is 0 Å². The van der Waals surface area contributed by atoms with Gasteiger partial charge in [-0.3, -0.25) is 4.79 Å². The Morgan fingerprint density at radius 2 is 2.16 bits per heavy atom. The van der Waals surface area contributed by atoms with E-state index in [1.807, 2.05) is 0 Å². The highest BCUT2D eigenvalue weighted by Gasteiger charge is 2.84. The molecule has 3 saturated carbocycles. The van der Waals surface area contributed by atoms with Gasteiger partial charge in [-0.25, -0.2) is 0 Å². The van der Waals surface area contributed by atoms with Crippen LogP contribution in [0.3, 0.4) is 0 Å². The number of carbonyl (C=O) groups is 1. The van der Waals surface area contributed by atoms with Crippen molar-refractivity contribution in [2.45, 2.75) is 46.5 Å². The lowest BCUT2D eigenvalue weighted by Gasteiger charge is -2.57. The standard InChI is InChI=1S/C21H29NO3/c1-12(2)17-7-14-8-19(10-22)16-6-5-13(3)15(16)9-20(14,11-25-4)21(17,19)18(23)24/h7,12-16H,5-6,8-9,11H2,1-4H3,(H,23,24)/t13?,14?,15?,16?,19-,20+,21?/m0/s1. The van der Waals surface area contributed by atoms with Crippen LogP contribution in [0, 0.1) is 57.2 Å². The Morgan fingerprint density at radius 3 is 2.72 bits per heavy atom. The second-order valence-corrected chi connectivity index (χ2v) is 9.34. The van der Waals surface area contributed by atoms with Crippen LogP contribution in [-0.2, 0) is 9.53 Å². The lowest BCUT2D eigenvalue weighted by Crippen LogP contribution is -2.62. The molecule has 0 aromatic rings. The van der Waals surface area contributed by atoms with Gasteiger partial charge >= 0.3 is 5.97 Å². The zero-order chi connectivity index (χ0) is 18.2. The molecule has 0 aliphatic heterocycles. The number of hydrogen-bond donors (Lipinski definition) is 1. The number of nitrogens with zero attached hydrogens (tertiary/aromatic N) is 1. The second kappa shape index (κ2) is 5.10. The molecule has 4 bridgehead atoms. The molecule has 0 aromatic heterocycles. The zero-order valence-corrected chi connectivity index (χ0v) is 15.7. The van der Waals surface area contributed by atoms with Crippen LogP contribution < -0.4 is 0 Å². The zero-order valence-electron chi connectivity index (χ0n) is 15.7. The number of ether oxygens (including phenoxy) is 1. The van der Waals surface area contributed by atoms with Gasteiger partial charge in [0.2, 0.25) is 0 Å². The first kappa shape index (κ1) is 17.1. The maximum Gasteiger partial charge on any atom is 0.316 e. The maximum atomic E-state index is 13.0. The Morgan fingerprint density at radius 1 is 1.44 bits per heavy atom. The fourth-order valence-corrected chi connectivity index (χ4v) is 7.80. The number of methoxy groups -OCH3 is 1. The van der Waals surface area contributed by atoms with Gasteiger partial charge in [0.15, 0.2) is 0 Å². The van der Waals surface area contributed by atoms with Crippen molar-refractivity contribution in [2.75, 3.05) is 13.7 Å². The molecule has 7 atom stereocenters. The van der Waals surface area contributed by atoms with Gasteiger partial charge < -0.3 is 9.84 Å². The van der Waals surface area contributed by atoms with E-state index in [1.54, 1.807) is 7.11 Å². The quantitative estimate of drug-likeness (QED) is 0.786. The summed E-state index contributed by atoms with van der Waals surface area (Å²) < 4.78 is 5.65. The Labute approximate surface area is 150 Å². The van der Waals surface area contributed by atoms with Crippen molar-refractivity contribution in [2.24, 2.45) is 45.8 Å². The molecule has 4 nitrogen and oxygen atoms in total. The Bertz CT molecular complexity index is 692. The van der Waals surface area contributed by atoms with Gasteiger partial charge in [0, 0.05) is 12.5 Å². The summed E-state index contributed by atoms with van der Waals surface area (Å²) in [5.41, 5.74) is -1.31. The number of carboxylic acids is 1. The minimum Gasteiger partial charge on any atom is -0.481 e. The summed E-state index contributed by atoms with van der Waals surface area (Å²) >= 11 is 0. The van der Waals surface area contributed by atoms with E-state index in [4.69, 9.17) is 4.74 Å². The van der Waals surface area contributed by atoms with Gasteiger partial charge in [-0.15, -0.1) is 0 Å². The molecule has 25 heavy (non-hydrogen) atoms. The van der Waals surface area contributed by atoms with Crippen LogP contribution in [0.5, 0.6) is 0 Å². The van der Waals surface area contributed by atoms with Crippen LogP contribution in [-0.4, -0.2) is 24.8 Å². The molecule has 0 heterocycles. The Balaban J connectivity index is 2.02. The molecule has 5 unspecified atom stereocenters.